The number of hydrogen-bond donors (Lipinski definition) is 3. The van der Waals surface area contributed by atoms with Crippen LogP contribution in [-0.2, 0) is 13.0 Å². The van der Waals surface area contributed by atoms with Crippen molar-refractivity contribution in [2.45, 2.75) is 45.0 Å². The molecule has 4 rings (SSSR count). The highest BCUT2D eigenvalue weighted by Gasteiger charge is 2.30. The first-order chi connectivity index (χ1) is 15.5. The van der Waals surface area contributed by atoms with E-state index in [1.54, 1.807) is 23.4 Å². The Kier molecular flexibility index (Phi) is 5.86. The van der Waals surface area contributed by atoms with Crippen LogP contribution in [0.2, 0.25) is 0 Å². The molecule has 0 bridgehead atoms. The van der Waals surface area contributed by atoms with Crippen LogP contribution in [-0.4, -0.2) is 14.9 Å². The van der Waals surface area contributed by atoms with E-state index in [4.69, 9.17) is 0 Å². The molecule has 1 unspecified atom stereocenters. The van der Waals surface area contributed by atoms with Crippen LogP contribution in [0.15, 0.2) is 46.1 Å². The van der Waals surface area contributed by atoms with Gasteiger partial charge in [0, 0.05) is 42.6 Å². The van der Waals surface area contributed by atoms with Crippen LogP contribution in [0.1, 0.15) is 49.3 Å². The van der Waals surface area contributed by atoms with Crippen molar-refractivity contribution in [3.63, 3.8) is 0 Å². The van der Waals surface area contributed by atoms with E-state index in [1.807, 2.05) is 45.2 Å². The minimum Gasteiger partial charge on any atom is -0.378 e. The standard InChI is InChI=1S/C24H26F2N4O2S/c1-12-8-15(13(2)28-18-6-7-21(31)29-22(18)24(4,25)26)16-10-19(20-11-27-14(3)33-20)30(5)23(32)17(16)9-12/h6-11,13-14,27-28H,1-5H3,(H,29,31)/t13-,14?/m1/s1. The highest BCUT2D eigenvalue weighted by atomic mass is 32.2. The largest absolute Gasteiger partial charge is 0.378 e. The molecule has 3 heterocycles. The van der Waals surface area contributed by atoms with Crippen LogP contribution in [0.4, 0.5) is 14.5 Å². The molecule has 6 nitrogen and oxygen atoms in total. The predicted octanol–water partition coefficient (Wildman–Crippen LogP) is 4.80. The highest BCUT2D eigenvalue weighted by molar-refractivity contribution is 8.09. The Morgan fingerprint density at radius 3 is 2.55 bits per heavy atom. The molecule has 1 aliphatic heterocycles. The quantitative estimate of drug-likeness (QED) is 0.497. The molecule has 3 N–H and O–H groups in total. The maximum atomic E-state index is 14.2. The fourth-order valence-corrected chi connectivity index (χ4v) is 5.09. The van der Waals surface area contributed by atoms with E-state index in [0.717, 1.165) is 34.0 Å². The van der Waals surface area contributed by atoms with E-state index in [-0.39, 0.29) is 16.6 Å². The third-order valence-corrected chi connectivity index (χ3v) is 6.81. The Morgan fingerprint density at radius 1 is 1.18 bits per heavy atom. The zero-order chi connectivity index (χ0) is 24.1. The van der Waals surface area contributed by atoms with Gasteiger partial charge < -0.3 is 20.2 Å². The summed E-state index contributed by atoms with van der Waals surface area (Å²) in [6.07, 6.45) is 1.90. The molecule has 0 aliphatic carbocycles. The second-order valence-electron chi connectivity index (χ2n) is 8.51. The summed E-state index contributed by atoms with van der Waals surface area (Å²) in [7, 11) is 1.75. The zero-order valence-corrected chi connectivity index (χ0v) is 19.9. The van der Waals surface area contributed by atoms with Crippen molar-refractivity contribution in [1.29, 1.82) is 0 Å². The smallest absolute Gasteiger partial charge is 0.286 e. The number of rotatable bonds is 5. The Hall–Kier alpha value is -3.07. The van der Waals surface area contributed by atoms with Gasteiger partial charge in [0.2, 0.25) is 5.56 Å². The SMILES string of the molecule is Cc1cc([C@@H](C)Nc2ccc(=O)[nH]c2C(C)(F)F)c2cc(C3=CNC(C)S3)n(C)c(=O)c2c1. The fourth-order valence-electron chi connectivity index (χ4n) is 4.12. The molecule has 0 amide bonds. The van der Waals surface area contributed by atoms with Crippen LogP contribution in [0.25, 0.3) is 15.7 Å². The monoisotopic (exact) mass is 472 g/mol. The maximum Gasteiger partial charge on any atom is 0.286 e. The Morgan fingerprint density at radius 2 is 1.91 bits per heavy atom. The number of anilines is 1. The van der Waals surface area contributed by atoms with Gasteiger partial charge in [0.15, 0.2) is 0 Å². The van der Waals surface area contributed by atoms with E-state index in [0.29, 0.717) is 5.39 Å². The lowest BCUT2D eigenvalue weighted by molar-refractivity contribution is 0.0133. The number of fused-ring (bicyclic) bond motifs is 1. The van der Waals surface area contributed by atoms with Gasteiger partial charge in [-0.05, 0) is 55.5 Å². The number of hydrogen-bond acceptors (Lipinski definition) is 5. The Labute approximate surface area is 194 Å². The topological polar surface area (TPSA) is 78.9 Å². The van der Waals surface area contributed by atoms with E-state index in [9.17, 15) is 18.4 Å². The molecule has 0 saturated heterocycles. The molecule has 174 valence electrons. The molecule has 2 atom stereocenters. The number of nitrogens with zero attached hydrogens (tertiary/aromatic N) is 1. The Balaban J connectivity index is 1.85. The van der Waals surface area contributed by atoms with Gasteiger partial charge in [0.05, 0.1) is 16.8 Å². The van der Waals surface area contributed by atoms with Crippen LogP contribution >= 0.6 is 11.8 Å². The second-order valence-corrected chi connectivity index (χ2v) is 9.89. The minimum absolute atomic E-state index is 0.120. The van der Waals surface area contributed by atoms with Gasteiger partial charge in [-0.15, -0.1) is 0 Å². The first-order valence-corrected chi connectivity index (χ1v) is 11.5. The van der Waals surface area contributed by atoms with Gasteiger partial charge in [0.25, 0.3) is 11.5 Å². The molecule has 33 heavy (non-hydrogen) atoms. The summed E-state index contributed by atoms with van der Waals surface area (Å²) in [5.74, 6) is -3.23. The van der Waals surface area contributed by atoms with E-state index < -0.39 is 23.2 Å². The number of pyridine rings is 2. The number of aromatic amines is 1. The Bertz CT molecular complexity index is 1390. The lowest BCUT2D eigenvalue weighted by Gasteiger charge is -2.23. The minimum atomic E-state index is -3.23. The number of nitrogens with one attached hydrogen (secondary N) is 3. The second kappa shape index (κ2) is 8.37. The van der Waals surface area contributed by atoms with Gasteiger partial charge in [0.1, 0.15) is 5.69 Å². The molecule has 2 aromatic heterocycles. The molecule has 0 radical (unpaired) electrons. The lowest BCUT2D eigenvalue weighted by Crippen LogP contribution is -2.22. The fraction of sp³-hybridized carbons (Fsp3) is 0.333. The van der Waals surface area contributed by atoms with Gasteiger partial charge in [-0.25, -0.2) is 0 Å². The number of aryl methyl sites for hydroxylation is 1. The lowest BCUT2D eigenvalue weighted by atomic mass is 9.96. The number of thioether (sulfide) groups is 1. The molecule has 1 aromatic carbocycles. The first kappa shape index (κ1) is 23.1. The maximum absolute atomic E-state index is 14.2. The molecule has 0 fully saturated rings. The van der Waals surface area contributed by atoms with Gasteiger partial charge in [-0.1, -0.05) is 17.8 Å². The van der Waals surface area contributed by atoms with E-state index >= 15 is 0 Å². The molecule has 9 heteroatoms. The molecular weight excluding hydrogens is 446 g/mol. The normalized spacial score (nSPS) is 17.1. The van der Waals surface area contributed by atoms with Crippen LogP contribution in [0, 0.1) is 6.92 Å². The summed E-state index contributed by atoms with van der Waals surface area (Å²) in [4.78, 5) is 28.1. The summed E-state index contributed by atoms with van der Waals surface area (Å²) >= 11 is 1.63. The van der Waals surface area contributed by atoms with Crippen molar-refractivity contribution in [2.75, 3.05) is 5.32 Å². The number of aromatic nitrogens is 2. The molecule has 0 saturated carbocycles. The third-order valence-electron chi connectivity index (χ3n) is 5.74. The van der Waals surface area contributed by atoms with Crippen LogP contribution < -0.4 is 21.8 Å². The third kappa shape index (κ3) is 4.42. The van der Waals surface area contributed by atoms with Gasteiger partial charge in [-0.3, -0.25) is 9.59 Å². The van der Waals surface area contributed by atoms with Crippen molar-refractivity contribution >= 4 is 33.1 Å². The van der Waals surface area contributed by atoms with Crippen molar-refractivity contribution in [3.8, 4) is 0 Å². The predicted molar refractivity (Wildman–Crippen MR) is 131 cm³/mol. The molecule has 1 aliphatic rings. The number of benzene rings is 1. The zero-order valence-electron chi connectivity index (χ0n) is 19.0. The summed E-state index contributed by atoms with van der Waals surface area (Å²) in [6.45, 7) is 6.53. The average molecular weight is 473 g/mol. The average Bonchev–Trinajstić information content (AvgIpc) is 3.17. The number of alkyl halides is 2. The number of H-pyrrole nitrogens is 1. The van der Waals surface area contributed by atoms with Crippen LogP contribution in [0.5, 0.6) is 0 Å². The van der Waals surface area contributed by atoms with Crippen LogP contribution in [0.3, 0.4) is 0 Å². The van der Waals surface area contributed by atoms with Crippen molar-refractivity contribution in [1.82, 2.24) is 14.9 Å². The van der Waals surface area contributed by atoms with Gasteiger partial charge >= 0.3 is 0 Å². The molecule has 3 aromatic rings. The summed E-state index contributed by atoms with van der Waals surface area (Å²) in [6, 6.07) is 7.93. The van der Waals surface area contributed by atoms with Crippen molar-refractivity contribution in [2.24, 2.45) is 7.05 Å². The summed E-state index contributed by atoms with van der Waals surface area (Å²) in [5, 5.41) is 7.89. The van der Waals surface area contributed by atoms with Gasteiger partial charge in [-0.2, -0.15) is 8.78 Å². The van der Waals surface area contributed by atoms with E-state index in [1.165, 1.54) is 12.1 Å². The number of halogens is 2. The first-order valence-electron chi connectivity index (χ1n) is 10.6. The summed E-state index contributed by atoms with van der Waals surface area (Å²) < 4.78 is 29.9. The van der Waals surface area contributed by atoms with E-state index in [2.05, 4.69) is 15.6 Å². The van der Waals surface area contributed by atoms with Crippen molar-refractivity contribution < 1.29 is 8.78 Å². The molecule has 0 spiro atoms. The molecular formula is C24H26F2N4O2S. The van der Waals surface area contributed by atoms with Crippen molar-refractivity contribution in [3.05, 3.63) is 79.8 Å². The highest BCUT2D eigenvalue weighted by Crippen LogP contribution is 2.37. The summed E-state index contributed by atoms with van der Waals surface area (Å²) in [5.41, 5.74) is 1.45.